The van der Waals surface area contributed by atoms with Crippen molar-refractivity contribution >= 4 is 28.3 Å². The highest BCUT2D eigenvalue weighted by molar-refractivity contribution is 5.92. The van der Waals surface area contributed by atoms with Crippen LogP contribution in [0.1, 0.15) is 87.1 Å². The molecule has 1 heterocycles. The fraction of sp³-hybridized carbons (Fsp3) is 0.371. The number of carbonyl (C=O) groups is 1. The Morgan fingerprint density at radius 1 is 0.714 bits per heavy atom. The highest BCUT2D eigenvalue weighted by Crippen LogP contribution is 2.25. The number of nitrogens with zero attached hydrogens (tertiary/aromatic N) is 2. The molecule has 7 heteroatoms. The topological polar surface area (TPSA) is 90.5 Å². The molecule has 4 aromatic rings. The van der Waals surface area contributed by atoms with Crippen LogP contribution in [-0.2, 0) is 0 Å². The van der Waals surface area contributed by atoms with Gasteiger partial charge in [0.05, 0.1) is 23.5 Å². The number of fused-ring (bicyclic) bond motifs is 1. The van der Waals surface area contributed by atoms with E-state index in [2.05, 4.69) is 17.2 Å². The van der Waals surface area contributed by atoms with Crippen molar-refractivity contribution in [2.45, 2.75) is 78.1 Å². The molecular formula is C35H40N2O5. The van der Waals surface area contributed by atoms with E-state index in [1.807, 2.05) is 31.2 Å². The summed E-state index contributed by atoms with van der Waals surface area (Å²) in [6, 6.07) is 20.6. The van der Waals surface area contributed by atoms with Gasteiger partial charge in [-0.1, -0.05) is 64.7 Å². The van der Waals surface area contributed by atoms with Crippen LogP contribution in [0.2, 0.25) is 0 Å². The Bertz CT molecular complexity index is 1510. The molecule has 0 N–H and O–H groups in total. The second-order valence-electron chi connectivity index (χ2n) is 10.6. The number of benzene rings is 3. The molecule has 0 aliphatic rings. The number of hydrogen-bond donors (Lipinski definition) is 0. The summed E-state index contributed by atoms with van der Waals surface area (Å²) in [6.07, 6.45) is 13.1. The normalized spacial score (nSPS) is 11.3. The Balaban J connectivity index is 1.18. The van der Waals surface area contributed by atoms with Gasteiger partial charge in [-0.05, 0) is 79.6 Å². The molecule has 0 amide bonds. The standard InChI is InChI=1S/C35H40N2O5/c1-3-4-5-6-7-8-9-10-11-12-23-40-30-19-17-29(18-20-30)37-36-28-15-13-27(14-16-28)35(39)41-31-21-22-32-26(2)24-34(38)42-33(32)25-31/h13-22,24-25H,3-12,23H2,1-2H3. The molecule has 0 radical (unpaired) electrons. The Labute approximate surface area is 247 Å². The molecule has 220 valence electrons. The highest BCUT2D eigenvalue weighted by Gasteiger charge is 2.11. The Morgan fingerprint density at radius 2 is 1.29 bits per heavy atom. The maximum Gasteiger partial charge on any atom is 0.343 e. The molecule has 4 rings (SSSR count). The largest absolute Gasteiger partial charge is 0.494 e. The smallest absolute Gasteiger partial charge is 0.343 e. The van der Waals surface area contributed by atoms with Crippen LogP contribution in [0.15, 0.2) is 92.2 Å². The van der Waals surface area contributed by atoms with E-state index in [9.17, 15) is 9.59 Å². The second kappa shape index (κ2) is 16.2. The summed E-state index contributed by atoms with van der Waals surface area (Å²) in [4.78, 5) is 24.3. The first-order valence-electron chi connectivity index (χ1n) is 15.0. The third-order valence-electron chi connectivity index (χ3n) is 7.12. The maximum absolute atomic E-state index is 12.6. The second-order valence-corrected chi connectivity index (χ2v) is 10.6. The van der Waals surface area contributed by atoms with Crippen molar-refractivity contribution in [2.75, 3.05) is 6.61 Å². The van der Waals surface area contributed by atoms with Gasteiger partial charge in [0.25, 0.3) is 0 Å². The van der Waals surface area contributed by atoms with E-state index in [1.165, 1.54) is 63.9 Å². The molecule has 0 saturated heterocycles. The zero-order valence-electron chi connectivity index (χ0n) is 24.6. The minimum atomic E-state index is -0.527. The number of azo groups is 1. The third kappa shape index (κ3) is 9.68. The van der Waals surface area contributed by atoms with Gasteiger partial charge in [0.1, 0.15) is 17.1 Å². The van der Waals surface area contributed by atoms with Crippen LogP contribution in [0, 0.1) is 6.92 Å². The van der Waals surface area contributed by atoms with Crippen LogP contribution in [0.3, 0.4) is 0 Å². The van der Waals surface area contributed by atoms with Gasteiger partial charge in [-0.3, -0.25) is 0 Å². The number of hydrogen-bond acceptors (Lipinski definition) is 7. The summed E-state index contributed by atoms with van der Waals surface area (Å²) in [7, 11) is 0. The first-order chi connectivity index (χ1) is 20.5. The van der Waals surface area contributed by atoms with Crippen LogP contribution in [0.4, 0.5) is 11.4 Å². The molecule has 42 heavy (non-hydrogen) atoms. The monoisotopic (exact) mass is 568 g/mol. The molecule has 3 aromatic carbocycles. The first kappa shape index (κ1) is 30.7. The lowest BCUT2D eigenvalue weighted by Crippen LogP contribution is -2.08. The summed E-state index contributed by atoms with van der Waals surface area (Å²) in [5, 5.41) is 9.33. The van der Waals surface area contributed by atoms with Gasteiger partial charge in [0.15, 0.2) is 0 Å². The molecule has 0 spiro atoms. The van der Waals surface area contributed by atoms with Crippen LogP contribution in [-0.4, -0.2) is 12.6 Å². The summed E-state index contributed by atoms with van der Waals surface area (Å²) >= 11 is 0. The number of carbonyl (C=O) groups excluding carboxylic acids is 1. The van der Waals surface area contributed by atoms with Crippen molar-refractivity contribution in [3.05, 3.63) is 94.3 Å². The summed E-state index contributed by atoms with van der Waals surface area (Å²) in [5.41, 5.74) is 2.40. The number of unbranched alkanes of at least 4 members (excludes halogenated alkanes) is 9. The van der Waals surface area contributed by atoms with Gasteiger partial charge < -0.3 is 13.9 Å². The molecule has 0 saturated carbocycles. The third-order valence-corrected chi connectivity index (χ3v) is 7.12. The fourth-order valence-corrected chi connectivity index (χ4v) is 4.70. The number of aryl methyl sites for hydroxylation is 1. The van der Waals surface area contributed by atoms with Crippen LogP contribution < -0.4 is 15.1 Å². The van der Waals surface area contributed by atoms with E-state index < -0.39 is 11.6 Å². The minimum Gasteiger partial charge on any atom is -0.494 e. The Kier molecular flexibility index (Phi) is 11.9. The van der Waals surface area contributed by atoms with Gasteiger partial charge in [-0.2, -0.15) is 10.2 Å². The predicted octanol–water partition coefficient (Wildman–Crippen LogP) is 10.0. The van der Waals surface area contributed by atoms with Crippen molar-refractivity contribution in [3.63, 3.8) is 0 Å². The van der Waals surface area contributed by atoms with E-state index in [1.54, 1.807) is 42.5 Å². The Morgan fingerprint density at radius 3 is 1.93 bits per heavy atom. The van der Waals surface area contributed by atoms with Gasteiger partial charge in [0, 0.05) is 17.5 Å². The minimum absolute atomic E-state index is 0.293. The number of ether oxygens (including phenoxy) is 2. The molecule has 0 atom stereocenters. The predicted molar refractivity (Wildman–Crippen MR) is 167 cm³/mol. The first-order valence-corrected chi connectivity index (χ1v) is 15.0. The van der Waals surface area contributed by atoms with Crippen molar-refractivity contribution in [2.24, 2.45) is 10.2 Å². The molecular weight excluding hydrogens is 528 g/mol. The zero-order chi connectivity index (χ0) is 29.6. The molecule has 0 unspecified atom stereocenters. The van der Waals surface area contributed by atoms with E-state index in [0.717, 1.165) is 29.7 Å². The van der Waals surface area contributed by atoms with Crippen LogP contribution in [0.5, 0.6) is 11.5 Å². The quantitative estimate of drug-likeness (QED) is 0.0441. The zero-order valence-corrected chi connectivity index (χ0v) is 24.6. The summed E-state index contributed by atoms with van der Waals surface area (Å²) in [5.74, 6) is 0.596. The summed E-state index contributed by atoms with van der Waals surface area (Å²) in [6.45, 7) is 4.81. The number of esters is 1. The summed E-state index contributed by atoms with van der Waals surface area (Å²) < 4.78 is 16.6. The van der Waals surface area contributed by atoms with Gasteiger partial charge in [-0.25, -0.2) is 9.59 Å². The lowest BCUT2D eigenvalue weighted by Gasteiger charge is -2.06. The number of rotatable bonds is 16. The van der Waals surface area contributed by atoms with E-state index in [4.69, 9.17) is 13.9 Å². The molecule has 0 bridgehead atoms. The van der Waals surface area contributed by atoms with Crippen molar-refractivity contribution in [1.82, 2.24) is 0 Å². The average Bonchev–Trinajstić information content (AvgIpc) is 2.99. The maximum atomic E-state index is 12.6. The van der Waals surface area contributed by atoms with Gasteiger partial charge in [-0.15, -0.1) is 0 Å². The lowest BCUT2D eigenvalue weighted by atomic mass is 10.1. The molecule has 1 aromatic heterocycles. The van der Waals surface area contributed by atoms with E-state index in [-0.39, 0.29) is 0 Å². The van der Waals surface area contributed by atoms with Crippen molar-refractivity contribution in [1.29, 1.82) is 0 Å². The van der Waals surface area contributed by atoms with Crippen molar-refractivity contribution in [3.8, 4) is 11.5 Å². The lowest BCUT2D eigenvalue weighted by molar-refractivity contribution is 0.0735. The van der Waals surface area contributed by atoms with E-state index >= 15 is 0 Å². The average molecular weight is 569 g/mol. The molecule has 0 aliphatic heterocycles. The molecule has 7 nitrogen and oxygen atoms in total. The van der Waals surface area contributed by atoms with Gasteiger partial charge >= 0.3 is 11.6 Å². The van der Waals surface area contributed by atoms with Crippen molar-refractivity contribution < 1.29 is 18.7 Å². The van der Waals surface area contributed by atoms with Crippen LogP contribution in [0.25, 0.3) is 11.0 Å². The van der Waals surface area contributed by atoms with Gasteiger partial charge in [0.2, 0.25) is 0 Å². The molecule has 0 fully saturated rings. The highest BCUT2D eigenvalue weighted by atomic mass is 16.5. The fourth-order valence-electron chi connectivity index (χ4n) is 4.70. The van der Waals surface area contributed by atoms with Crippen LogP contribution >= 0.6 is 0 Å². The SMILES string of the molecule is CCCCCCCCCCCCOc1ccc(N=Nc2ccc(C(=O)Oc3ccc4c(C)cc(=O)oc4c3)cc2)cc1. The molecule has 0 aliphatic carbocycles. The Hall–Kier alpha value is -4.26. The van der Waals surface area contributed by atoms with E-state index in [0.29, 0.717) is 28.3 Å².